The van der Waals surface area contributed by atoms with E-state index < -0.39 is 11.1 Å². The van der Waals surface area contributed by atoms with Crippen molar-refractivity contribution < 1.29 is 14.3 Å². The molecule has 2 nitrogen and oxygen atoms in total. The van der Waals surface area contributed by atoms with Gasteiger partial charge >= 0.3 is 0 Å². The molecule has 0 spiro atoms. The maximum Gasteiger partial charge on any atom is 0.178 e. The fraction of sp³-hybridized carbons (Fsp3) is 0.773. The van der Waals surface area contributed by atoms with Crippen LogP contribution in [0.5, 0.6) is 0 Å². The lowest BCUT2D eigenvalue weighted by Crippen LogP contribution is -2.60. The third-order valence-corrected chi connectivity index (χ3v) is 10.9. The van der Waals surface area contributed by atoms with Gasteiger partial charge in [-0.3, -0.25) is 4.79 Å². The molecule has 0 amide bonds. The zero-order valence-corrected chi connectivity index (χ0v) is 18.2. The van der Waals surface area contributed by atoms with Crippen molar-refractivity contribution in [1.82, 2.24) is 0 Å². The molecule has 4 aliphatic rings. The van der Waals surface area contributed by atoms with Crippen LogP contribution in [0.3, 0.4) is 0 Å². The highest BCUT2D eigenvalue weighted by molar-refractivity contribution is 8.03. The Morgan fingerprint density at radius 3 is 2.78 bits per heavy atom. The quantitative estimate of drug-likeness (QED) is 0.649. The highest BCUT2D eigenvalue weighted by atomic mass is 32.2. The van der Waals surface area contributed by atoms with Gasteiger partial charge in [0.25, 0.3) is 0 Å². The molecule has 0 aromatic rings. The Hall–Kier alpha value is -0.260. The normalized spacial score (nSPS) is 47.1. The Bertz CT molecular complexity index is 692. The minimum Gasteiger partial charge on any atom is -0.382 e. The van der Waals surface area contributed by atoms with Crippen LogP contribution < -0.4 is 0 Å². The number of halogens is 1. The Morgan fingerprint density at radius 2 is 2.04 bits per heavy atom. The number of alkyl halides is 1. The lowest BCUT2D eigenvalue weighted by atomic mass is 9.47. The summed E-state index contributed by atoms with van der Waals surface area (Å²) in [5, 5.41) is 10.5. The van der Waals surface area contributed by atoms with Crippen LogP contribution in [0.4, 0.5) is 4.39 Å². The summed E-state index contributed by atoms with van der Waals surface area (Å²) in [4.78, 5) is 11.8. The van der Waals surface area contributed by atoms with E-state index in [-0.39, 0.29) is 22.6 Å². The summed E-state index contributed by atoms with van der Waals surface area (Å²) in [7, 11) is 0. The molecule has 3 fully saturated rings. The molecule has 150 valence electrons. The standard InChI is InChI=1S/C22H31FO2S2/c1-20-10-11-22(23)17(5-4-14-12-15(24)8-9-21(14,22)2)16(20)6-7-18(20)27-13-19(25)26-3/h8-9,12,16-19,25H,4-7,10-11,13H2,1-3H3/t16-,17-,18+,19?,20-,21-,22+/m0/s1. The number of fused-ring (bicyclic) bond motifs is 5. The van der Waals surface area contributed by atoms with E-state index in [0.717, 1.165) is 43.4 Å². The molecule has 1 unspecified atom stereocenters. The molecule has 27 heavy (non-hydrogen) atoms. The molecule has 3 saturated carbocycles. The average Bonchev–Trinajstić information content (AvgIpc) is 2.97. The molecule has 0 aromatic heterocycles. The summed E-state index contributed by atoms with van der Waals surface area (Å²) >= 11 is 3.40. The Labute approximate surface area is 170 Å². The van der Waals surface area contributed by atoms with Gasteiger partial charge in [0.1, 0.15) is 11.1 Å². The van der Waals surface area contributed by atoms with E-state index in [0.29, 0.717) is 17.6 Å². The largest absolute Gasteiger partial charge is 0.382 e. The molecule has 0 aliphatic heterocycles. The van der Waals surface area contributed by atoms with Gasteiger partial charge in [-0.1, -0.05) is 18.6 Å². The van der Waals surface area contributed by atoms with E-state index in [4.69, 9.17) is 0 Å². The number of ketones is 1. The van der Waals surface area contributed by atoms with E-state index in [2.05, 4.69) is 6.92 Å². The van der Waals surface area contributed by atoms with Crippen molar-refractivity contribution in [3.05, 3.63) is 23.8 Å². The average molecular weight is 411 g/mol. The predicted molar refractivity (Wildman–Crippen MR) is 113 cm³/mol. The van der Waals surface area contributed by atoms with Crippen molar-refractivity contribution in [2.24, 2.45) is 22.7 Å². The van der Waals surface area contributed by atoms with Gasteiger partial charge in [0.05, 0.1) is 0 Å². The summed E-state index contributed by atoms with van der Waals surface area (Å²) in [6, 6.07) is 0. The lowest BCUT2D eigenvalue weighted by Gasteiger charge is -2.60. The molecule has 0 saturated heterocycles. The van der Waals surface area contributed by atoms with Crippen molar-refractivity contribution >= 4 is 29.3 Å². The van der Waals surface area contributed by atoms with Crippen LogP contribution in [-0.4, -0.2) is 39.3 Å². The molecule has 0 aromatic carbocycles. The van der Waals surface area contributed by atoms with Crippen molar-refractivity contribution in [3.63, 3.8) is 0 Å². The summed E-state index contributed by atoms with van der Waals surface area (Å²) < 4.78 is 16.7. The Morgan fingerprint density at radius 1 is 1.26 bits per heavy atom. The number of carbonyl (C=O) groups is 1. The van der Waals surface area contributed by atoms with Gasteiger partial charge < -0.3 is 5.11 Å². The van der Waals surface area contributed by atoms with Crippen LogP contribution in [0, 0.1) is 22.7 Å². The first kappa shape index (κ1) is 20.0. The van der Waals surface area contributed by atoms with Crippen molar-refractivity contribution in [2.75, 3.05) is 12.0 Å². The summed E-state index contributed by atoms with van der Waals surface area (Å²) in [5.41, 5.74) is -1.01. The van der Waals surface area contributed by atoms with Crippen LogP contribution in [0.2, 0.25) is 0 Å². The molecule has 1 N–H and O–H groups in total. The number of thioether (sulfide) groups is 2. The minimum atomic E-state index is -1.24. The first-order valence-corrected chi connectivity index (χ1v) is 12.5. The van der Waals surface area contributed by atoms with Gasteiger partial charge in [-0.05, 0) is 81.1 Å². The minimum absolute atomic E-state index is 0.00912. The van der Waals surface area contributed by atoms with E-state index >= 15 is 4.39 Å². The monoisotopic (exact) mass is 410 g/mol. The second kappa shape index (κ2) is 6.91. The third kappa shape index (κ3) is 2.90. The summed E-state index contributed by atoms with van der Waals surface area (Å²) in [6.07, 6.45) is 12.5. The van der Waals surface area contributed by atoms with E-state index in [9.17, 15) is 9.90 Å². The summed E-state index contributed by atoms with van der Waals surface area (Å²) in [5.74, 6) is 1.25. The van der Waals surface area contributed by atoms with E-state index in [1.807, 2.05) is 31.0 Å². The van der Waals surface area contributed by atoms with Crippen molar-refractivity contribution in [1.29, 1.82) is 0 Å². The lowest BCUT2D eigenvalue weighted by molar-refractivity contribution is -0.120. The van der Waals surface area contributed by atoms with Crippen LogP contribution in [-0.2, 0) is 4.79 Å². The maximum atomic E-state index is 16.7. The molecular weight excluding hydrogens is 379 g/mol. The molecular formula is C22H31FO2S2. The Balaban J connectivity index is 1.59. The highest BCUT2D eigenvalue weighted by Crippen LogP contribution is 2.68. The van der Waals surface area contributed by atoms with Crippen LogP contribution >= 0.6 is 23.5 Å². The van der Waals surface area contributed by atoms with Gasteiger partial charge in [0, 0.05) is 16.4 Å². The fourth-order valence-corrected chi connectivity index (χ4v) is 8.73. The SMILES string of the molecule is CSC(O)CS[C@@H]1CC[C@H]2[C@@H]3CCC4=CC(=O)C=C[C@]4(C)[C@@]3(F)CC[C@]12C. The topological polar surface area (TPSA) is 37.3 Å². The number of rotatable bonds is 4. The second-order valence-corrected chi connectivity index (χ2v) is 11.6. The van der Waals surface area contributed by atoms with E-state index in [1.165, 1.54) is 11.8 Å². The van der Waals surface area contributed by atoms with Crippen LogP contribution in [0.25, 0.3) is 0 Å². The number of hydrogen-bond donors (Lipinski definition) is 1. The zero-order valence-electron chi connectivity index (χ0n) is 16.5. The first-order chi connectivity index (χ1) is 12.7. The Kier molecular flexibility index (Phi) is 5.13. The van der Waals surface area contributed by atoms with E-state index in [1.54, 1.807) is 12.2 Å². The molecule has 0 bridgehead atoms. The molecule has 4 rings (SSSR count). The molecule has 0 radical (unpaired) electrons. The second-order valence-electron chi connectivity index (χ2n) is 9.32. The van der Waals surface area contributed by atoms with Crippen LogP contribution in [0.15, 0.2) is 23.8 Å². The smallest absolute Gasteiger partial charge is 0.178 e. The van der Waals surface area contributed by atoms with Gasteiger partial charge in [0.2, 0.25) is 0 Å². The number of allylic oxidation sites excluding steroid dienone is 4. The number of hydrogen-bond acceptors (Lipinski definition) is 4. The van der Waals surface area contributed by atoms with Crippen LogP contribution in [0.1, 0.15) is 52.4 Å². The molecule has 4 aliphatic carbocycles. The number of aliphatic hydroxyl groups excluding tert-OH is 1. The predicted octanol–water partition coefficient (Wildman–Crippen LogP) is 5.17. The zero-order chi connectivity index (χ0) is 19.4. The highest BCUT2D eigenvalue weighted by Gasteiger charge is 2.66. The maximum absolute atomic E-state index is 16.7. The van der Waals surface area contributed by atoms with Crippen molar-refractivity contribution in [3.8, 4) is 0 Å². The van der Waals surface area contributed by atoms with Crippen molar-refractivity contribution in [2.45, 2.75) is 68.7 Å². The number of carbonyl (C=O) groups excluding carboxylic acids is 1. The molecule has 0 heterocycles. The molecule has 5 heteroatoms. The third-order valence-electron chi connectivity index (χ3n) is 8.29. The van der Waals surface area contributed by atoms with Gasteiger partial charge in [-0.15, -0.1) is 11.8 Å². The number of aliphatic hydroxyl groups is 1. The first-order valence-electron chi connectivity index (χ1n) is 10.2. The van der Waals surface area contributed by atoms with Gasteiger partial charge in [0.15, 0.2) is 5.78 Å². The van der Waals surface area contributed by atoms with Gasteiger partial charge in [-0.2, -0.15) is 11.8 Å². The fourth-order valence-electron chi connectivity index (χ4n) is 6.58. The van der Waals surface area contributed by atoms with Gasteiger partial charge in [-0.25, -0.2) is 4.39 Å². The molecule has 7 atom stereocenters. The summed E-state index contributed by atoms with van der Waals surface area (Å²) in [6.45, 7) is 4.40.